The van der Waals surface area contributed by atoms with Gasteiger partial charge in [-0.05, 0) is 43.3 Å². The van der Waals surface area contributed by atoms with Crippen molar-refractivity contribution in [2.75, 3.05) is 23.9 Å². The lowest BCUT2D eigenvalue weighted by Crippen LogP contribution is -2.44. The Morgan fingerprint density at radius 1 is 1.31 bits per heavy atom. The van der Waals surface area contributed by atoms with Crippen LogP contribution in [0.2, 0.25) is 0 Å². The van der Waals surface area contributed by atoms with E-state index in [1.165, 1.54) is 0 Å². The van der Waals surface area contributed by atoms with E-state index in [2.05, 4.69) is 11.9 Å². The number of hydrogen-bond donors (Lipinski definition) is 1. The molecule has 6 heteroatoms. The standard InChI is InChI=1S/C20H20N2O4/c1-4-11-22-17-10-7-15(12-18(17)26-13(2)20(22)24)21-19(23)14-5-8-16(25-3)9-6-14/h4-10,12-13H,1,11H2,2-3H3,(H,21,23). The van der Waals surface area contributed by atoms with Crippen LogP contribution in [0.1, 0.15) is 17.3 Å². The first-order chi connectivity index (χ1) is 12.5. The molecule has 0 fully saturated rings. The van der Waals surface area contributed by atoms with Crippen molar-refractivity contribution in [2.45, 2.75) is 13.0 Å². The van der Waals surface area contributed by atoms with Gasteiger partial charge in [-0.2, -0.15) is 0 Å². The number of anilines is 2. The number of methoxy groups -OCH3 is 1. The maximum Gasteiger partial charge on any atom is 0.268 e. The molecule has 2 aromatic rings. The van der Waals surface area contributed by atoms with Gasteiger partial charge >= 0.3 is 0 Å². The third-order valence-electron chi connectivity index (χ3n) is 4.09. The fourth-order valence-electron chi connectivity index (χ4n) is 2.75. The molecule has 1 unspecified atom stereocenters. The van der Waals surface area contributed by atoms with Crippen molar-refractivity contribution in [1.82, 2.24) is 0 Å². The maximum atomic E-state index is 12.4. The number of ether oxygens (including phenoxy) is 2. The molecule has 1 N–H and O–H groups in total. The number of carbonyl (C=O) groups is 2. The molecule has 2 aromatic carbocycles. The molecule has 0 aromatic heterocycles. The van der Waals surface area contributed by atoms with E-state index in [-0.39, 0.29) is 11.8 Å². The van der Waals surface area contributed by atoms with Crippen molar-refractivity contribution in [1.29, 1.82) is 0 Å². The van der Waals surface area contributed by atoms with Gasteiger partial charge < -0.3 is 19.7 Å². The maximum absolute atomic E-state index is 12.4. The van der Waals surface area contributed by atoms with Gasteiger partial charge in [0.25, 0.3) is 11.8 Å². The quantitative estimate of drug-likeness (QED) is 0.839. The lowest BCUT2D eigenvalue weighted by molar-refractivity contribution is -0.125. The molecule has 0 saturated heterocycles. The zero-order chi connectivity index (χ0) is 18.7. The summed E-state index contributed by atoms with van der Waals surface area (Å²) in [5, 5.41) is 2.84. The highest BCUT2D eigenvalue weighted by atomic mass is 16.5. The molecular formula is C20H20N2O4. The number of amides is 2. The van der Waals surface area contributed by atoms with Gasteiger partial charge in [0.05, 0.1) is 12.8 Å². The monoisotopic (exact) mass is 352 g/mol. The minimum atomic E-state index is -0.588. The van der Waals surface area contributed by atoms with Crippen LogP contribution >= 0.6 is 0 Å². The fraction of sp³-hybridized carbons (Fsp3) is 0.200. The minimum absolute atomic E-state index is 0.118. The van der Waals surface area contributed by atoms with E-state index in [1.54, 1.807) is 67.5 Å². The van der Waals surface area contributed by atoms with Gasteiger partial charge in [-0.3, -0.25) is 9.59 Å². The minimum Gasteiger partial charge on any atom is -0.497 e. The summed E-state index contributed by atoms with van der Waals surface area (Å²) >= 11 is 0. The summed E-state index contributed by atoms with van der Waals surface area (Å²) in [6.07, 6.45) is 1.08. The number of carbonyl (C=O) groups excluding carboxylic acids is 2. The summed E-state index contributed by atoms with van der Waals surface area (Å²) in [4.78, 5) is 26.3. The lowest BCUT2D eigenvalue weighted by Gasteiger charge is -2.32. The Labute approximate surface area is 152 Å². The Hall–Kier alpha value is -3.28. The summed E-state index contributed by atoms with van der Waals surface area (Å²) in [6, 6.07) is 12.0. The topological polar surface area (TPSA) is 67.9 Å². The molecule has 1 aliphatic rings. The predicted molar refractivity (Wildman–Crippen MR) is 100 cm³/mol. The number of fused-ring (bicyclic) bond motifs is 1. The highest BCUT2D eigenvalue weighted by molar-refractivity contribution is 6.05. The van der Waals surface area contributed by atoms with Crippen LogP contribution in [0.15, 0.2) is 55.1 Å². The normalized spacial score (nSPS) is 15.7. The van der Waals surface area contributed by atoms with Gasteiger partial charge in [0.2, 0.25) is 0 Å². The largest absolute Gasteiger partial charge is 0.497 e. The second kappa shape index (κ2) is 7.31. The molecule has 0 bridgehead atoms. The smallest absolute Gasteiger partial charge is 0.268 e. The zero-order valence-corrected chi connectivity index (χ0v) is 14.7. The summed E-state index contributed by atoms with van der Waals surface area (Å²) in [7, 11) is 1.57. The predicted octanol–water partition coefficient (Wildman–Crippen LogP) is 3.25. The third-order valence-corrected chi connectivity index (χ3v) is 4.09. The van der Waals surface area contributed by atoms with Gasteiger partial charge in [-0.1, -0.05) is 6.08 Å². The van der Waals surface area contributed by atoms with Crippen LogP contribution in [0.5, 0.6) is 11.5 Å². The summed E-state index contributed by atoms with van der Waals surface area (Å²) in [5.41, 5.74) is 1.77. The van der Waals surface area contributed by atoms with Crippen molar-refractivity contribution in [2.24, 2.45) is 0 Å². The SMILES string of the molecule is C=CCN1C(=O)C(C)Oc2cc(NC(=O)c3ccc(OC)cc3)ccc21. The van der Waals surface area contributed by atoms with E-state index in [0.29, 0.717) is 35.0 Å². The molecular weight excluding hydrogens is 332 g/mol. The third kappa shape index (κ3) is 3.39. The highest BCUT2D eigenvalue weighted by Crippen LogP contribution is 2.36. The Morgan fingerprint density at radius 2 is 2.04 bits per heavy atom. The molecule has 0 saturated carbocycles. The van der Waals surface area contributed by atoms with Gasteiger partial charge in [0.15, 0.2) is 6.10 Å². The van der Waals surface area contributed by atoms with E-state index >= 15 is 0 Å². The molecule has 2 amide bonds. The second-order valence-corrected chi connectivity index (χ2v) is 5.86. The Morgan fingerprint density at radius 3 is 2.69 bits per heavy atom. The summed E-state index contributed by atoms with van der Waals surface area (Å²) in [6.45, 7) is 5.79. The van der Waals surface area contributed by atoms with Crippen molar-refractivity contribution in [3.05, 3.63) is 60.7 Å². The number of rotatable bonds is 5. The molecule has 0 aliphatic carbocycles. The van der Waals surface area contributed by atoms with Crippen molar-refractivity contribution in [3.63, 3.8) is 0 Å². The lowest BCUT2D eigenvalue weighted by atomic mass is 10.1. The number of nitrogens with zero attached hydrogens (tertiary/aromatic N) is 1. The molecule has 6 nitrogen and oxygen atoms in total. The summed E-state index contributed by atoms with van der Waals surface area (Å²) < 4.78 is 10.8. The van der Waals surface area contributed by atoms with Gasteiger partial charge in [0.1, 0.15) is 11.5 Å². The van der Waals surface area contributed by atoms with E-state index in [4.69, 9.17) is 9.47 Å². The van der Waals surface area contributed by atoms with E-state index in [9.17, 15) is 9.59 Å². The highest BCUT2D eigenvalue weighted by Gasteiger charge is 2.30. The van der Waals surface area contributed by atoms with Gasteiger partial charge in [0, 0.05) is 23.9 Å². The molecule has 0 spiro atoms. The molecule has 134 valence electrons. The average Bonchev–Trinajstić information content (AvgIpc) is 2.65. The number of hydrogen-bond acceptors (Lipinski definition) is 4. The van der Waals surface area contributed by atoms with Crippen molar-refractivity contribution in [3.8, 4) is 11.5 Å². The first-order valence-electron chi connectivity index (χ1n) is 8.22. The van der Waals surface area contributed by atoms with Crippen LogP contribution in [0, 0.1) is 0 Å². The van der Waals surface area contributed by atoms with Crippen LogP contribution in [-0.2, 0) is 4.79 Å². The van der Waals surface area contributed by atoms with Gasteiger partial charge in [-0.25, -0.2) is 0 Å². The molecule has 3 rings (SSSR count). The van der Waals surface area contributed by atoms with Crippen molar-refractivity contribution >= 4 is 23.2 Å². The summed E-state index contributed by atoms with van der Waals surface area (Å²) in [5.74, 6) is 0.874. The van der Waals surface area contributed by atoms with E-state index in [1.807, 2.05) is 0 Å². The van der Waals surface area contributed by atoms with Crippen LogP contribution < -0.4 is 19.7 Å². The zero-order valence-electron chi connectivity index (χ0n) is 14.7. The Kier molecular flexibility index (Phi) is 4.93. The van der Waals surface area contributed by atoms with Crippen LogP contribution in [-0.4, -0.2) is 31.6 Å². The van der Waals surface area contributed by atoms with Crippen LogP contribution in [0.4, 0.5) is 11.4 Å². The van der Waals surface area contributed by atoms with Gasteiger partial charge in [-0.15, -0.1) is 6.58 Å². The van der Waals surface area contributed by atoms with Crippen LogP contribution in [0.3, 0.4) is 0 Å². The van der Waals surface area contributed by atoms with Crippen molar-refractivity contribution < 1.29 is 19.1 Å². The Bertz CT molecular complexity index is 845. The van der Waals surface area contributed by atoms with E-state index < -0.39 is 6.10 Å². The number of nitrogens with one attached hydrogen (secondary N) is 1. The fourth-order valence-corrected chi connectivity index (χ4v) is 2.75. The molecule has 0 radical (unpaired) electrons. The van der Waals surface area contributed by atoms with Crippen LogP contribution in [0.25, 0.3) is 0 Å². The molecule has 1 aliphatic heterocycles. The number of benzene rings is 2. The molecule has 1 atom stereocenters. The second-order valence-electron chi connectivity index (χ2n) is 5.86. The molecule has 1 heterocycles. The first-order valence-corrected chi connectivity index (χ1v) is 8.22. The average molecular weight is 352 g/mol. The Balaban J connectivity index is 1.82. The van der Waals surface area contributed by atoms with E-state index in [0.717, 1.165) is 0 Å². The molecule has 26 heavy (non-hydrogen) atoms. The first kappa shape index (κ1) is 17.5.